The number of nitrogens with zero attached hydrogens (tertiary/aromatic N) is 1. The summed E-state index contributed by atoms with van der Waals surface area (Å²) in [4.78, 5) is 24.5. The zero-order valence-corrected chi connectivity index (χ0v) is 11.7. The standard InChI is InChI=1S/C12H22N2O3.ClH/c1-2-6-10(12(16)17)13-9-11(15)14-7-4-3-5-8-14;/h10,13H,2-9H2,1H3,(H,16,17);1H. The van der Waals surface area contributed by atoms with Gasteiger partial charge in [0.25, 0.3) is 0 Å². The topological polar surface area (TPSA) is 69.6 Å². The van der Waals surface area contributed by atoms with Gasteiger partial charge in [0, 0.05) is 13.1 Å². The molecule has 1 rings (SSSR count). The lowest BCUT2D eigenvalue weighted by atomic mass is 10.1. The summed E-state index contributed by atoms with van der Waals surface area (Å²) in [6, 6.07) is -0.603. The number of carbonyl (C=O) groups excluding carboxylic acids is 1. The molecular weight excluding hydrogens is 256 g/mol. The summed E-state index contributed by atoms with van der Waals surface area (Å²) in [5.41, 5.74) is 0. The number of nitrogens with one attached hydrogen (secondary N) is 1. The average molecular weight is 279 g/mol. The molecule has 5 nitrogen and oxygen atoms in total. The van der Waals surface area contributed by atoms with Crippen LogP contribution in [0.25, 0.3) is 0 Å². The Morgan fingerprint density at radius 2 is 1.89 bits per heavy atom. The molecule has 18 heavy (non-hydrogen) atoms. The van der Waals surface area contributed by atoms with Crippen molar-refractivity contribution in [3.8, 4) is 0 Å². The molecule has 1 fully saturated rings. The summed E-state index contributed by atoms with van der Waals surface area (Å²) in [5, 5.41) is 11.8. The average Bonchev–Trinajstić information content (AvgIpc) is 2.34. The summed E-state index contributed by atoms with van der Waals surface area (Å²) < 4.78 is 0. The van der Waals surface area contributed by atoms with Crippen LogP contribution < -0.4 is 5.32 Å². The summed E-state index contributed by atoms with van der Waals surface area (Å²) in [6.45, 7) is 3.69. The van der Waals surface area contributed by atoms with Gasteiger partial charge in [-0.1, -0.05) is 13.3 Å². The Morgan fingerprint density at radius 1 is 1.28 bits per heavy atom. The largest absolute Gasteiger partial charge is 0.480 e. The van der Waals surface area contributed by atoms with E-state index in [-0.39, 0.29) is 24.9 Å². The molecular formula is C12H23ClN2O3. The second-order valence-corrected chi connectivity index (χ2v) is 4.50. The highest BCUT2D eigenvalue weighted by molar-refractivity contribution is 5.85. The third-order valence-electron chi connectivity index (χ3n) is 3.08. The Bertz CT molecular complexity index is 268. The number of halogens is 1. The smallest absolute Gasteiger partial charge is 0.320 e. The lowest BCUT2D eigenvalue weighted by molar-refractivity contribution is -0.140. The van der Waals surface area contributed by atoms with Crippen molar-refractivity contribution in [2.75, 3.05) is 19.6 Å². The number of carbonyl (C=O) groups is 2. The van der Waals surface area contributed by atoms with E-state index in [0.29, 0.717) is 6.42 Å². The molecule has 1 aliphatic rings. The highest BCUT2D eigenvalue weighted by Gasteiger charge is 2.20. The van der Waals surface area contributed by atoms with E-state index in [9.17, 15) is 9.59 Å². The van der Waals surface area contributed by atoms with Gasteiger partial charge in [0.05, 0.1) is 6.54 Å². The van der Waals surface area contributed by atoms with E-state index in [1.54, 1.807) is 0 Å². The van der Waals surface area contributed by atoms with Crippen LogP contribution in [0.3, 0.4) is 0 Å². The minimum atomic E-state index is -0.877. The first-order chi connectivity index (χ1) is 8.15. The van der Waals surface area contributed by atoms with E-state index >= 15 is 0 Å². The van der Waals surface area contributed by atoms with Crippen LogP contribution in [0, 0.1) is 0 Å². The van der Waals surface area contributed by atoms with Gasteiger partial charge in [-0.25, -0.2) is 0 Å². The second kappa shape index (κ2) is 9.16. The van der Waals surface area contributed by atoms with Crippen molar-refractivity contribution in [3.63, 3.8) is 0 Å². The Morgan fingerprint density at radius 3 is 2.39 bits per heavy atom. The molecule has 0 aliphatic carbocycles. The number of carboxylic acid groups (broad SMARTS) is 1. The first-order valence-corrected chi connectivity index (χ1v) is 6.39. The molecule has 0 bridgehead atoms. The van der Waals surface area contributed by atoms with Gasteiger partial charge in [0.2, 0.25) is 5.91 Å². The summed E-state index contributed by atoms with van der Waals surface area (Å²) >= 11 is 0. The molecule has 1 unspecified atom stereocenters. The van der Waals surface area contributed by atoms with Gasteiger partial charge in [-0.3, -0.25) is 14.9 Å². The zero-order chi connectivity index (χ0) is 12.7. The SMILES string of the molecule is CCCC(NCC(=O)N1CCCCC1)C(=O)O.Cl. The number of hydrogen-bond acceptors (Lipinski definition) is 3. The van der Waals surface area contributed by atoms with E-state index in [2.05, 4.69) is 5.32 Å². The van der Waals surface area contributed by atoms with E-state index in [1.165, 1.54) is 6.42 Å². The molecule has 106 valence electrons. The highest BCUT2D eigenvalue weighted by atomic mass is 35.5. The fraction of sp³-hybridized carbons (Fsp3) is 0.833. The Hall–Kier alpha value is -0.810. The Kier molecular flexibility index (Phi) is 8.75. The van der Waals surface area contributed by atoms with Crippen LogP contribution in [0.1, 0.15) is 39.0 Å². The van der Waals surface area contributed by atoms with Crippen LogP contribution in [-0.2, 0) is 9.59 Å². The van der Waals surface area contributed by atoms with E-state index < -0.39 is 12.0 Å². The number of piperidine rings is 1. The van der Waals surface area contributed by atoms with Crippen molar-refractivity contribution in [3.05, 3.63) is 0 Å². The predicted molar refractivity (Wildman–Crippen MR) is 72.0 cm³/mol. The molecule has 0 radical (unpaired) electrons. The fourth-order valence-electron chi connectivity index (χ4n) is 2.07. The number of rotatable bonds is 6. The molecule has 0 saturated carbocycles. The minimum absolute atomic E-state index is 0. The van der Waals surface area contributed by atoms with Crippen LogP contribution in [0.5, 0.6) is 0 Å². The molecule has 1 saturated heterocycles. The van der Waals surface area contributed by atoms with Crippen molar-refractivity contribution in [2.24, 2.45) is 0 Å². The molecule has 1 amide bonds. The summed E-state index contributed by atoms with van der Waals surface area (Å²) in [6.07, 6.45) is 4.65. The number of aliphatic carboxylic acids is 1. The molecule has 0 aromatic rings. The lowest BCUT2D eigenvalue weighted by Crippen LogP contribution is -2.46. The third kappa shape index (κ3) is 5.69. The fourth-order valence-corrected chi connectivity index (χ4v) is 2.07. The van der Waals surface area contributed by atoms with Gasteiger partial charge in [0.1, 0.15) is 6.04 Å². The first kappa shape index (κ1) is 17.2. The molecule has 6 heteroatoms. The van der Waals surface area contributed by atoms with Crippen LogP contribution in [-0.4, -0.2) is 47.6 Å². The molecule has 0 aromatic heterocycles. The van der Waals surface area contributed by atoms with E-state index in [0.717, 1.165) is 32.4 Å². The maximum atomic E-state index is 11.8. The number of hydrogen-bond donors (Lipinski definition) is 2. The maximum absolute atomic E-state index is 11.8. The highest BCUT2D eigenvalue weighted by Crippen LogP contribution is 2.08. The van der Waals surface area contributed by atoms with Crippen LogP contribution in [0.4, 0.5) is 0 Å². The second-order valence-electron chi connectivity index (χ2n) is 4.50. The van der Waals surface area contributed by atoms with Crippen LogP contribution in [0.2, 0.25) is 0 Å². The molecule has 2 N–H and O–H groups in total. The Labute approximate surface area is 114 Å². The van der Waals surface area contributed by atoms with Gasteiger partial charge in [0.15, 0.2) is 0 Å². The number of carboxylic acids is 1. The monoisotopic (exact) mass is 278 g/mol. The van der Waals surface area contributed by atoms with Crippen molar-refractivity contribution in [1.82, 2.24) is 10.2 Å². The third-order valence-corrected chi connectivity index (χ3v) is 3.08. The lowest BCUT2D eigenvalue weighted by Gasteiger charge is -2.27. The number of amides is 1. The predicted octanol–water partition coefficient (Wildman–Crippen LogP) is 1.26. The molecule has 0 spiro atoms. The van der Waals surface area contributed by atoms with Gasteiger partial charge < -0.3 is 10.0 Å². The first-order valence-electron chi connectivity index (χ1n) is 6.39. The molecule has 1 heterocycles. The van der Waals surface area contributed by atoms with Crippen molar-refractivity contribution >= 4 is 24.3 Å². The molecule has 1 aliphatic heterocycles. The van der Waals surface area contributed by atoms with Gasteiger partial charge >= 0.3 is 5.97 Å². The molecule has 0 aromatic carbocycles. The summed E-state index contributed by atoms with van der Waals surface area (Å²) in [5.74, 6) is -0.856. The Balaban J connectivity index is 0.00000289. The number of likely N-dealkylation sites (tertiary alicyclic amines) is 1. The van der Waals surface area contributed by atoms with Crippen LogP contribution >= 0.6 is 12.4 Å². The normalized spacial score (nSPS) is 16.8. The quantitative estimate of drug-likeness (QED) is 0.768. The van der Waals surface area contributed by atoms with E-state index in [1.807, 2.05) is 11.8 Å². The minimum Gasteiger partial charge on any atom is -0.480 e. The van der Waals surface area contributed by atoms with E-state index in [4.69, 9.17) is 5.11 Å². The zero-order valence-electron chi connectivity index (χ0n) is 10.9. The van der Waals surface area contributed by atoms with Crippen LogP contribution in [0.15, 0.2) is 0 Å². The van der Waals surface area contributed by atoms with Gasteiger partial charge in [-0.15, -0.1) is 12.4 Å². The van der Waals surface area contributed by atoms with Gasteiger partial charge in [-0.05, 0) is 25.7 Å². The van der Waals surface area contributed by atoms with Crippen molar-refractivity contribution in [2.45, 2.75) is 45.1 Å². The maximum Gasteiger partial charge on any atom is 0.320 e. The van der Waals surface area contributed by atoms with Crippen molar-refractivity contribution in [1.29, 1.82) is 0 Å². The molecule has 1 atom stereocenters. The van der Waals surface area contributed by atoms with Gasteiger partial charge in [-0.2, -0.15) is 0 Å². The summed E-state index contributed by atoms with van der Waals surface area (Å²) in [7, 11) is 0. The van der Waals surface area contributed by atoms with Crippen molar-refractivity contribution < 1.29 is 14.7 Å².